The van der Waals surface area contributed by atoms with E-state index in [4.69, 9.17) is 10.3 Å². The second kappa shape index (κ2) is 4.80. The van der Waals surface area contributed by atoms with Crippen LogP contribution in [-0.2, 0) is 6.42 Å². The Balaban J connectivity index is 2.31. The SMILES string of the molecule is Cc1ccc(-c2cc(CCN)on2)cc1Br. The van der Waals surface area contributed by atoms with Crippen LogP contribution >= 0.6 is 15.9 Å². The summed E-state index contributed by atoms with van der Waals surface area (Å²) in [6, 6.07) is 8.06. The molecule has 0 saturated heterocycles. The summed E-state index contributed by atoms with van der Waals surface area (Å²) < 4.78 is 6.26. The Kier molecular flexibility index (Phi) is 3.41. The molecule has 4 heteroatoms. The minimum Gasteiger partial charge on any atom is -0.361 e. The van der Waals surface area contributed by atoms with Crippen LogP contribution in [0.15, 0.2) is 33.3 Å². The van der Waals surface area contributed by atoms with Crippen LogP contribution in [0.2, 0.25) is 0 Å². The maximum atomic E-state index is 5.46. The first kappa shape index (κ1) is 11.4. The summed E-state index contributed by atoms with van der Waals surface area (Å²) in [5.74, 6) is 0.828. The molecule has 2 rings (SSSR count). The third-order valence-corrected chi connectivity index (χ3v) is 3.27. The number of benzene rings is 1. The maximum Gasteiger partial charge on any atom is 0.138 e. The van der Waals surface area contributed by atoms with Crippen molar-refractivity contribution in [2.75, 3.05) is 6.54 Å². The highest BCUT2D eigenvalue weighted by Gasteiger charge is 2.07. The van der Waals surface area contributed by atoms with E-state index in [-0.39, 0.29) is 0 Å². The minimum atomic E-state index is 0.576. The fourth-order valence-electron chi connectivity index (χ4n) is 1.46. The number of aryl methyl sites for hydroxylation is 1. The number of hydrogen-bond donors (Lipinski definition) is 1. The van der Waals surface area contributed by atoms with Gasteiger partial charge in [-0.25, -0.2) is 0 Å². The highest BCUT2D eigenvalue weighted by atomic mass is 79.9. The van der Waals surface area contributed by atoms with E-state index in [1.807, 2.05) is 18.2 Å². The van der Waals surface area contributed by atoms with E-state index in [0.717, 1.165) is 27.9 Å². The molecule has 0 amide bonds. The van der Waals surface area contributed by atoms with Gasteiger partial charge in [0.05, 0.1) is 0 Å². The molecule has 16 heavy (non-hydrogen) atoms. The summed E-state index contributed by atoms with van der Waals surface area (Å²) in [5.41, 5.74) is 8.56. The van der Waals surface area contributed by atoms with Crippen molar-refractivity contribution < 1.29 is 4.52 Å². The molecule has 0 aliphatic carbocycles. The Morgan fingerprint density at radius 1 is 1.38 bits per heavy atom. The molecule has 1 aromatic heterocycles. The molecule has 1 aromatic carbocycles. The van der Waals surface area contributed by atoms with Crippen LogP contribution in [0, 0.1) is 6.92 Å². The topological polar surface area (TPSA) is 52.0 Å². The number of rotatable bonds is 3. The smallest absolute Gasteiger partial charge is 0.138 e. The van der Waals surface area contributed by atoms with Crippen LogP contribution in [0.5, 0.6) is 0 Å². The lowest BCUT2D eigenvalue weighted by Gasteiger charge is -1.99. The van der Waals surface area contributed by atoms with Crippen LogP contribution in [0.4, 0.5) is 0 Å². The van der Waals surface area contributed by atoms with Gasteiger partial charge in [0.15, 0.2) is 0 Å². The minimum absolute atomic E-state index is 0.576. The van der Waals surface area contributed by atoms with Gasteiger partial charge in [0.25, 0.3) is 0 Å². The Bertz CT molecular complexity index is 494. The van der Waals surface area contributed by atoms with Crippen molar-refractivity contribution in [2.24, 2.45) is 5.73 Å². The summed E-state index contributed by atoms with van der Waals surface area (Å²) in [4.78, 5) is 0. The quantitative estimate of drug-likeness (QED) is 0.941. The Morgan fingerprint density at radius 2 is 2.19 bits per heavy atom. The molecule has 3 nitrogen and oxygen atoms in total. The van der Waals surface area contributed by atoms with E-state index in [1.165, 1.54) is 5.56 Å². The van der Waals surface area contributed by atoms with Gasteiger partial charge in [-0.1, -0.05) is 33.2 Å². The molecule has 0 spiro atoms. The normalized spacial score (nSPS) is 10.7. The highest BCUT2D eigenvalue weighted by molar-refractivity contribution is 9.10. The zero-order valence-corrected chi connectivity index (χ0v) is 10.6. The van der Waals surface area contributed by atoms with Crippen LogP contribution < -0.4 is 5.73 Å². The van der Waals surface area contributed by atoms with Gasteiger partial charge in [-0.3, -0.25) is 0 Å². The third kappa shape index (κ3) is 2.33. The van der Waals surface area contributed by atoms with E-state index >= 15 is 0 Å². The number of halogens is 1. The van der Waals surface area contributed by atoms with Crippen molar-refractivity contribution in [1.82, 2.24) is 5.16 Å². The molecule has 0 aliphatic heterocycles. The van der Waals surface area contributed by atoms with Gasteiger partial charge in [0.2, 0.25) is 0 Å². The molecular formula is C12H13BrN2O. The van der Waals surface area contributed by atoms with Crippen molar-refractivity contribution >= 4 is 15.9 Å². The van der Waals surface area contributed by atoms with Gasteiger partial charge in [0, 0.05) is 22.5 Å². The molecule has 0 aliphatic rings. The fraction of sp³-hybridized carbons (Fsp3) is 0.250. The number of nitrogens with two attached hydrogens (primary N) is 1. The summed E-state index contributed by atoms with van der Waals surface area (Å²) in [5, 5.41) is 4.02. The van der Waals surface area contributed by atoms with Gasteiger partial charge in [-0.2, -0.15) is 0 Å². The molecule has 1 heterocycles. The van der Waals surface area contributed by atoms with Crippen LogP contribution in [0.3, 0.4) is 0 Å². The molecule has 2 aromatic rings. The first-order valence-electron chi connectivity index (χ1n) is 5.13. The number of aromatic nitrogens is 1. The van der Waals surface area contributed by atoms with Crippen molar-refractivity contribution in [2.45, 2.75) is 13.3 Å². The Morgan fingerprint density at radius 3 is 2.88 bits per heavy atom. The monoisotopic (exact) mass is 280 g/mol. The van der Waals surface area contributed by atoms with Crippen molar-refractivity contribution in [3.63, 3.8) is 0 Å². The molecule has 84 valence electrons. The molecule has 0 radical (unpaired) electrons. The van der Waals surface area contributed by atoms with Gasteiger partial charge in [-0.15, -0.1) is 0 Å². The number of nitrogens with zero attached hydrogens (tertiary/aromatic N) is 1. The van der Waals surface area contributed by atoms with Gasteiger partial charge in [0.1, 0.15) is 11.5 Å². The van der Waals surface area contributed by atoms with E-state index < -0.39 is 0 Å². The average Bonchev–Trinajstić information content (AvgIpc) is 2.71. The highest BCUT2D eigenvalue weighted by Crippen LogP contribution is 2.25. The summed E-state index contributed by atoms with van der Waals surface area (Å²) in [7, 11) is 0. The molecule has 0 atom stereocenters. The van der Waals surface area contributed by atoms with Gasteiger partial charge >= 0.3 is 0 Å². The summed E-state index contributed by atoms with van der Waals surface area (Å²) in [6.07, 6.45) is 0.722. The third-order valence-electron chi connectivity index (χ3n) is 2.42. The molecule has 2 N–H and O–H groups in total. The van der Waals surface area contributed by atoms with Gasteiger partial charge in [-0.05, 0) is 25.1 Å². The molecule has 0 unspecified atom stereocenters. The second-order valence-corrected chi connectivity index (χ2v) is 4.54. The molecule has 0 saturated carbocycles. The lowest BCUT2D eigenvalue weighted by atomic mass is 10.1. The van der Waals surface area contributed by atoms with E-state index in [9.17, 15) is 0 Å². The lowest BCUT2D eigenvalue weighted by Crippen LogP contribution is -2.01. The van der Waals surface area contributed by atoms with Crippen molar-refractivity contribution in [3.8, 4) is 11.3 Å². The predicted octanol–water partition coefficient (Wildman–Crippen LogP) is 2.91. The first-order chi connectivity index (χ1) is 7.70. The molecule has 0 fully saturated rings. The molecular weight excluding hydrogens is 268 g/mol. The maximum absolute atomic E-state index is 5.46. The standard InChI is InChI=1S/C12H13BrN2O/c1-8-2-3-9(6-11(8)13)12-7-10(4-5-14)16-15-12/h2-3,6-7H,4-5,14H2,1H3. The van der Waals surface area contributed by atoms with Crippen LogP contribution in [0.1, 0.15) is 11.3 Å². The largest absolute Gasteiger partial charge is 0.361 e. The van der Waals surface area contributed by atoms with Crippen LogP contribution in [0.25, 0.3) is 11.3 Å². The summed E-state index contributed by atoms with van der Waals surface area (Å²) >= 11 is 3.50. The summed E-state index contributed by atoms with van der Waals surface area (Å²) in [6.45, 7) is 2.63. The van der Waals surface area contributed by atoms with E-state index in [1.54, 1.807) is 0 Å². The van der Waals surface area contributed by atoms with Gasteiger partial charge < -0.3 is 10.3 Å². The zero-order chi connectivity index (χ0) is 11.5. The average molecular weight is 281 g/mol. The van der Waals surface area contributed by atoms with Crippen molar-refractivity contribution in [3.05, 3.63) is 40.1 Å². The van der Waals surface area contributed by atoms with Crippen molar-refractivity contribution in [1.29, 1.82) is 0 Å². The molecule has 0 bridgehead atoms. The Labute approximate surface area is 103 Å². The van der Waals surface area contributed by atoms with E-state index in [0.29, 0.717) is 6.54 Å². The number of hydrogen-bond acceptors (Lipinski definition) is 3. The predicted molar refractivity (Wildman–Crippen MR) is 67.1 cm³/mol. The zero-order valence-electron chi connectivity index (χ0n) is 9.03. The lowest BCUT2D eigenvalue weighted by molar-refractivity contribution is 0.386. The fourth-order valence-corrected chi connectivity index (χ4v) is 1.84. The first-order valence-corrected chi connectivity index (χ1v) is 5.92. The van der Waals surface area contributed by atoms with Crippen LogP contribution in [-0.4, -0.2) is 11.7 Å². The second-order valence-electron chi connectivity index (χ2n) is 3.68. The Hall–Kier alpha value is -1.13. The van der Waals surface area contributed by atoms with E-state index in [2.05, 4.69) is 34.1 Å².